The van der Waals surface area contributed by atoms with E-state index in [-0.39, 0.29) is 5.95 Å². The number of rotatable bonds is 3. The van der Waals surface area contributed by atoms with Crippen molar-refractivity contribution in [2.75, 3.05) is 11.1 Å². The Morgan fingerprint density at radius 3 is 2.64 bits per heavy atom. The molecule has 3 N–H and O–H groups in total. The molecule has 0 spiro atoms. The van der Waals surface area contributed by atoms with Gasteiger partial charge in [0.1, 0.15) is 5.15 Å². The van der Waals surface area contributed by atoms with Crippen molar-refractivity contribution in [3.63, 3.8) is 0 Å². The highest BCUT2D eigenvalue weighted by Crippen LogP contribution is 2.21. The van der Waals surface area contributed by atoms with Crippen LogP contribution in [0.5, 0.6) is 0 Å². The molecule has 0 saturated carbocycles. The van der Waals surface area contributed by atoms with E-state index in [1.54, 1.807) is 16.9 Å². The molecule has 0 bridgehead atoms. The number of nitrogens with two attached hydrogens (primary N) is 1. The highest BCUT2D eigenvalue weighted by atomic mass is 35.5. The van der Waals surface area contributed by atoms with E-state index < -0.39 is 0 Å². The van der Waals surface area contributed by atoms with Crippen molar-refractivity contribution in [3.05, 3.63) is 52.8 Å². The van der Waals surface area contributed by atoms with Gasteiger partial charge in [-0.15, -0.1) is 5.10 Å². The number of benzene rings is 1. The zero-order valence-corrected chi connectivity index (χ0v) is 13.0. The monoisotopic (exact) mass is 314 g/mol. The average molecular weight is 315 g/mol. The number of nitrogen functional groups attached to an aromatic ring is 1. The molecule has 6 nitrogen and oxygen atoms in total. The molecule has 3 rings (SSSR count). The van der Waals surface area contributed by atoms with Crippen LogP contribution in [0.2, 0.25) is 5.15 Å². The number of hydrogen-bond acceptors (Lipinski definition) is 5. The molecule has 0 fully saturated rings. The van der Waals surface area contributed by atoms with E-state index in [4.69, 9.17) is 17.3 Å². The third-order valence-corrected chi connectivity index (χ3v) is 3.42. The number of nitrogens with one attached hydrogen (secondary N) is 1. The first kappa shape index (κ1) is 14.3. The van der Waals surface area contributed by atoms with Gasteiger partial charge in [-0.25, -0.2) is 4.98 Å². The molecule has 2 aromatic heterocycles. The molecule has 0 aliphatic carbocycles. The second-order valence-corrected chi connectivity index (χ2v) is 5.38. The van der Waals surface area contributed by atoms with Gasteiger partial charge in [-0.05, 0) is 31.5 Å². The molecule has 0 aliphatic rings. The fourth-order valence-electron chi connectivity index (χ4n) is 2.04. The van der Waals surface area contributed by atoms with E-state index in [9.17, 15) is 0 Å². The Balaban J connectivity index is 1.93. The number of hydrogen-bond donors (Lipinski definition) is 2. The summed E-state index contributed by atoms with van der Waals surface area (Å²) in [7, 11) is 0. The molecule has 3 aromatic rings. The molecule has 0 aliphatic heterocycles. The Morgan fingerprint density at radius 1 is 1.18 bits per heavy atom. The van der Waals surface area contributed by atoms with Gasteiger partial charge in [-0.3, -0.25) is 0 Å². The van der Waals surface area contributed by atoms with Gasteiger partial charge in [0, 0.05) is 18.0 Å². The van der Waals surface area contributed by atoms with E-state index in [1.807, 2.05) is 38.1 Å². The lowest BCUT2D eigenvalue weighted by Crippen LogP contribution is -2.04. The molecule has 2 heterocycles. The third-order valence-electron chi connectivity index (χ3n) is 3.21. The second-order valence-electron chi connectivity index (χ2n) is 4.99. The van der Waals surface area contributed by atoms with Crippen LogP contribution in [-0.4, -0.2) is 19.7 Å². The molecule has 0 amide bonds. The Labute approximate surface area is 133 Å². The van der Waals surface area contributed by atoms with Gasteiger partial charge in [0.05, 0.1) is 5.69 Å². The summed E-state index contributed by atoms with van der Waals surface area (Å²) in [6, 6.07) is 9.64. The van der Waals surface area contributed by atoms with Crippen LogP contribution in [0.25, 0.3) is 5.69 Å². The number of aryl methyl sites for hydroxylation is 2. The van der Waals surface area contributed by atoms with E-state index in [0.29, 0.717) is 11.1 Å². The van der Waals surface area contributed by atoms with Gasteiger partial charge < -0.3 is 11.1 Å². The first-order valence-corrected chi connectivity index (χ1v) is 7.09. The van der Waals surface area contributed by atoms with Gasteiger partial charge in [0.15, 0.2) is 0 Å². The van der Waals surface area contributed by atoms with Gasteiger partial charge in [0.2, 0.25) is 11.9 Å². The van der Waals surface area contributed by atoms with Crippen molar-refractivity contribution in [2.24, 2.45) is 0 Å². The lowest BCUT2D eigenvalue weighted by Gasteiger charge is -2.06. The van der Waals surface area contributed by atoms with Gasteiger partial charge in [-0.2, -0.15) is 9.67 Å². The smallest absolute Gasteiger partial charge is 0.248 e. The van der Waals surface area contributed by atoms with Crippen LogP contribution in [0.3, 0.4) is 0 Å². The predicted octanol–water partition coefficient (Wildman–Crippen LogP) is 3.26. The minimum atomic E-state index is 0.278. The summed E-state index contributed by atoms with van der Waals surface area (Å²) in [4.78, 5) is 8.26. The number of aromatic nitrogens is 4. The Morgan fingerprint density at radius 2 is 1.91 bits per heavy atom. The van der Waals surface area contributed by atoms with Crippen LogP contribution in [0.1, 0.15) is 11.1 Å². The predicted molar refractivity (Wildman–Crippen MR) is 87.8 cm³/mol. The fraction of sp³-hybridized carbons (Fsp3) is 0.133. The maximum absolute atomic E-state index is 5.96. The van der Waals surface area contributed by atoms with Crippen LogP contribution >= 0.6 is 11.6 Å². The lowest BCUT2D eigenvalue weighted by molar-refractivity contribution is 0.882. The van der Waals surface area contributed by atoms with E-state index in [2.05, 4.69) is 20.4 Å². The van der Waals surface area contributed by atoms with E-state index in [1.165, 1.54) is 5.56 Å². The quantitative estimate of drug-likeness (QED) is 0.725. The zero-order valence-electron chi connectivity index (χ0n) is 12.2. The topological polar surface area (TPSA) is 81.6 Å². The minimum Gasteiger partial charge on any atom is -0.368 e. The minimum absolute atomic E-state index is 0.278. The van der Waals surface area contributed by atoms with Crippen LogP contribution < -0.4 is 11.1 Å². The third kappa shape index (κ3) is 2.87. The molecule has 0 saturated heterocycles. The summed E-state index contributed by atoms with van der Waals surface area (Å²) >= 11 is 5.94. The molecule has 7 heteroatoms. The normalized spacial score (nSPS) is 10.7. The Kier molecular flexibility index (Phi) is 3.68. The fourth-order valence-corrected chi connectivity index (χ4v) is 2.19. The van der Waals surface area contributed by atoms with Crippen molar-refractivity contribution in [1.29, 1.82) is 0 Å². The highest BCUT2D eigenvalue weighted by Gasteiger charge is 2.12. The van der Waals surface area contributed by atoms with E-state index in [0.717, 1.165) is 16.9 Å². The summed E-state index contributed by atoms with van der Waals surface area (Å²) < 4.78 is 1.54. The maximum atomic E-state index is 5.96. The molecule has 0 radical (unpaired) electrons. The summed E-state index contributed by atoms with van der Waals surface area (Å²) in [5.41, 5.74) is 9.69. The van der Waals surface area contributed by atoms with Crippen LogP contribution in [0.4, 0.5) is 17.6 Å². The molecular weight excluding hydrogens is 300 g/mol. The Hall–Kier alpha value is -2.60. The number of pyridine rings is 1. The van der Waals surface area contributed by atoms with Crippen molar-refractivity contribution < 1.29 is 0 Å². The molecule has 0 unspecified atom stereocenters. The Bertz CT molecular complexity index is 809. The average Bonchev–Trinajstić information content (AvgIpc) is 2.84. The zero-order chi connectivity index (χ0) is 15.7. The van der Waals surface area contributed by atoms with Crippen molar-refractivity contribution in [3.8, 4) is 5.69 Å². The van der Waals surface area contributed by atoms with Crippen LogP contribution in [0, 0.1) is 13.8 Å². The highest BCUT2D eigenvalue weighted by molar-refractivity contribution is 6.29. The molecule has 1 aromatic carbocycles. The molecular formula is C15H15ClN6. The van der Waals surface area contributed by atoms with E-state index >= 15 is 0 Å². The molecule has 112 valence electrons. The van der Waals surface area contributed by atoms with Gasteiger partial charge in [0.25, 0.3) is 0 Å². The summed E-state index contributed by atoms with van der Waals surface area (Å²) in [6.45, 7) is 3.94. The first-order valence-electron chi connectivity index (χ1n) is 6.71. The lowest BCUT2D eigenvalue weighted by atomic mass is 10.2. The number of anilines is 3. The number of halogens is 1. The summed E-state index contributed by atoms with van der Waals surface area (Å²) in [5, 5.41) is 7.89. The van der Waals surface area contributed by atoms with Crippen LogP contribution in [-0.2, 0) is 0 Å². The SMILES string of the molecule is Cc1ccc(Nc2nc(N)n(-c3cc(Cl)ncc3C)n2)cc1. The number of nitrogens with zero attached hydrogens (tertiary/aromatic N) is 4. The molecule has 0 atom stereocenters. The van der Waals surface area contributed by atoms with Crippen molar-refractivity contribution >= 4 is 29.2 Å². The van der Waals surface area contributed by atoms with Crippen molar-refractivity contribution in [2.45, 2.75) is 13.8 Å². The second kappa shape index (κ2) is 5.65. The van der Waals surface area contributed by atoms with Gasteiger partial charge >= 0.3 is 0 Å². The standard InChI is InChI=1S/C15H15ClN6/c1-9-3-5-11(6-4-9)19-15-20-14(17)22(21-15)12-7-13(16)18-8-10(12)2/h3-8H,1-2H3,(H3,17,19,20,21). The summed E-state index contributed by atoms with van der Waals surface area (Å²) in [6.07, 6.45) is 1.67. The largest absolute Gasteiger partial charge is 0.368 e. The van der Waals surface area contributed by atoms with Gasteiger partial charge in [-0.1, -0.05) is 29.3 Å². The maximum Gasteiger partial charge on any atom is 0.248 e. The summed E-state index contributed by atoms with van der Waals surface area (Å²) in [5.74, 6) is 0.702. The van der Waals surface area contributed by atoms with Crippen molar-refractivity contribution in [1.82, 2.24) is 19.7 Å². The first-order chi connectivity index (χ1) is 10.5. The van der Waals surface area contributed by atoms with Crippen LogP contribution in [0.15, 0.2) is 36.5 Å². The molecule has 22 heavy (non-hydrogen) atoms.